The Bertz CT molecular complexity index is 816. The van der Waals surface area contributed by atoms with E-state index in [0.29, 0.717) is 6.42 Å². The molecule has 0 bridgehead atoms. The molecule has 2 aromatic carbocycles. The first-order chi connectivity index (χ1) is 12.3. The largest absolute Gasteiger partial charge is 0.469 e. The number of carbonyl (C=O) groups is 1. The number of benzene rings is 2. The summed E-state index contributed by atoms with van der Waals surface area (Å²) in [4.78, 5) is 12.5. The molecular weight excluding hydrogens is 308 g/mol. The third kappa shape index (κ3) is 3.20. The highest BCUT2D eigenvalue weighted by atomic mass is 16.5. The highest BCUT2D eigenvalue weighted by molar-refractivity contribution is 5.98. The molecule has 2 heteroatoms. The summed E-state index contributed by atoms with van der Waals surface area (Å²) in [5, 5.41) is 0. The van der Waals surface area contributed by atoms with Crippen molar-refractivity contribution < 1.29 is 9.53 Å². The third-order valence-electron chi connectivity index (χ3n) is 4.75. The summed E-state index contributed by atoms with van der Waals surface area (Å²) in [6.45, 7) is 0. The number of hydrogen-bond donors (Lipinski definition) is 0. The van der Waals surface area contributed by atoms with Crippen LogP contribution < -0.4 is 0 Å². The fraction of sp³-hybridized carbons (Fsp3) is 0.174. The fourth-order valence-corrected chi connectivity index (χ4v) is 3.54. The number of ether oxygens (including phenoxy) is 1. The van der Waals surface area contributed by atoms with Crippen LogP contribution in [0.5, 0.6) is 0 Å². The fourth-order valence-electron chi connectivity index (χ4n) is 3.54. The van der Waals surface area contributed by atoms with Gasteiger partial charge in [-0.05, 0) is 29.2 Å². The maximum Gasteiger partial charge on any atom is 0.163 e. The van der Waals surface area contributed by atoms with Crippen LogP contribution in [0, 0.1) is 5.92 Å². The van der Waals surface area contributed by atoms with Crippen molar-refractivity contribution in [1.82, 2.24) is 0 Å². The molecule has 0 amide bonds. The molecule has 0 saturated carbocycles. The lowest BCUT2D eigenvalue weighted by Crippen LogP contribution is -2.20. The van der Waals surface area contributed by atoms with Crippen LogP contribution in [0.3, 0.4) is 0 Å². The highest BCUT2D eigenvalue weighted by Crippen LogP contribution is 2.35. The summed E-state index contributed by atoms with van der Waals surface area (Å²) < 4.78 is 5.62. The number of rotatable bonds is 3. The van der Waals surface area contributed by atoms with Gasteiger partial charge in [0.2, 0.25) is 0 Å². The average molecular weight is 328 g/mol. The molecule has 1 heterocycles. The van der Waals surface area contributed by atoms with E-state index < -0.39 is 0 Å². The molecule has 25 heavy (non-hydrogen) atoms. The number of allylic oxidation sites excluding steroid dienone is 4. The van der Waals surface area contributed by atoms with E-state index in [-0.39, 0.29) is 11.7 Å². The van der Waals surface area contributed by atoms with E-state index in [9.17, 15) is 4.79 Å². The Morgan fingerprint density at radius 3 is 2.20 bits per heavy atom. The van der Waals surface area contributed by atoms with Crippen molar-refractivity contribution in [2.45, 2.75) is 19.3 Å². The maximum absolute atomic E-state index is 12.5. The second-order valence-electron chi connectivity index (χ2n) is 6.40. The molecule has 0 N–H and O–H groups in total. The number of hydrogen-bond acceptors (Lipinski definition) is 2. The van der Waals surface area contributed by atoms with E-state index in [4.69, 9.17) is 4.74 Å². The van der Waals surface area contributed by atoms with Crippen LogP contribution >= 0.6 is 0 Å². The van der Waals surface area contributed by atoms with Gasteiger partial charge in [-0.3, -0.25) is 4.79 Å². The monoisotopic (exact) mass is 328 g/mol. The first-order valence-electron chi connectivity index (χ1n) is 8.75. The molecule has 0 spiro atoms. The lowest BCUT2D eigenvalue weighted by molar-refractivity contribution is -0.116. The van der Waals surface area contributed by atoms with Gasteiger partial charge in [0.25, 0.3) is 0 Å². The summed E-state index contributed by atoms with van der Waals surface area (Å²) in [5.41, 5.74) is 4.28. The quantitative estimate of drug-likeness (QED) is 0.765. The summed E-state index contributed by atoms with van der Waals surface area (Å²) in [7, 11) is 0. The van der Waals surface area contributed by atoms with Gasteiger partial charge in [-0.15, -0.1) is 0 Å². The summed E-state index contributed by atoms with van der Waals surface area (Å²) in [6, 6.07) is 20.7. The first-order valence-corrected chi connectivity index (χ1v) is 8.75. The van der Waals surface area contributed by atoms with E-state index in [0.717, 1.165) is 40.9 Å². The zero-order valence-electron chi connectivity index (χ0n) is 14.0. The standard InChI is InChI=1S/C23H20O2/c24-21-12-7-13-22-23(21)19(14-15-25-22)16-20(17-8-3-1-4-9-17)18-10-5-2-6-11-18/h1-6,8-11,14-16,19H,7,12-13H2. The Kier molecular flexibility index (Phi) is 4.34. The van der Waals surface area contributed by atoms with Gasteiger partial charge in [-0.1, -0.05) is 66.7 Å². The smallest absolute Gasteiger partial charge is 0.163 e. The van der Waals surface area contributed by atoms with Crippen molar-refractivity contribution in [1.29, 1.82) is 0 Å². The molecule has 1 aliphatic carbocycles. The molecule has 1 atom stereocenters. The van der Waals surface area contributed by atoms with E-state index in [1.54, 1.807) is 6.26 Å². The van der Waals surface area contributed by atoms with E-state index in [1.807, 2.05) is 42.5 Å². The third-order valence-corrected chi connectivity index (χ3v) is 4.75. The zero-order valence-corrected chi connectivity index (χ0v) is 14.0. The highest BCUT2D eigenvalue weighted by Gasteiger charge is 2.29. The average Bonchev–Trinajstić information content (AvgIpc) is 2.68. The first kappa shape index (κ1) is 15.6. The minimum absolute atomic E-state index is 0.0352. The molecule has 4 rings (SSSR count). The maximum atomic E-state index is 12.5. The number of Topliss-reactive ketones (excluding diaryl/α,β-unsaturated/α-hetero) is 1. The molecule has 2 aromatic rings. The Balaban J connectivity index is 1.82. The molecule has 0 fully saturated rings. The molecular formula is C23H20O2. The van der Waals surface area contributed by atoms with Crippen molar-refractivity contribution in [3.8, 4) is 0 Å². The molecule has 1 aliphatic heterocycles. The molecule has 0 saturated heterocycles. The van der Waals surface area contributed by atoms with Crippen molar-refractivity contribution in [2.75, 3.05) is 0 Å². The Morgan fingerprint density at radius 2 is 1.56 bits per heavy atom. The van der Waals surface area contributed by atoms with Crippen molar-refractivity contribution >= 4 is 11.4 Å². The molecule has 2 aliphatic rings. The van der Waals surface area contributed by atoms with Gasteiger partial charge >= 0.3 is 0 Å². The van der Waals surface area contributed by atoms with Crippen LogP contribution in [0.1, 0.15) is 30.4 Å². The minimum Gasteiger partial charge on any atom is -0.469 e. The Hall–Kier alpha value is -2.87. The molecule has 0 radical (unpaired) electrons. The van der Waals surface area contributed by atoms with Crippen molar-refractivity contribution in [2.24, 2.45) is 5.92 Å². The van der Waals surface area contributed by atoms with Crippen LogP contribution in [-0.2, 0) is 9.53 Å². The zero-order chi connectivity index (χ0) is 17.1. The summed E-state index contributed by atoms with van der Waals surface area (Å²) in [5.74, 6) is 1.03. The topological polar surface area (TPSA) is 26.3 Å². The SMILES string of the molecule is O=C1CCCC2=C1C(C=C(c1ccccc1)c1ccccc1)C=CO2. The van der Waals surface area contributed by atoms with Crippen LogP contribution in [0.2, 0.25) is 0 Å². The number of carbonyl (C=O) groups excluding carboxylic acids is 1. The van der Waals surface area contributed by atoms with Crippen molar-refractivity contribution in [3.63, 3.8) is 0 Å². The van der Waals surface area contributed by atoms with Crippen LogP contribution in [0.25, 0.3) is 5.57 Å². The molecule has 1 unspecified atom stereocenters. The van der Waals surface area contributed by atoms with Crippen molar-refractivity contribution in [3.05, 3.63) is 102 Å². The molecule has 124 valence electrons. The second kappa shape index (κ2) is 6.94. The van der Waals surface area contributed by atoms with Gasteiger partial charge in [-0.2, -0.15) is 0 Å². The van der Waals surface area contributed by atoms with E-state index in [1.165, 1.54) is 0 Å². The minimum atomic E-state index is -0.0352. The van der Waals surface area contributed by atoms with Gasteiger partial charge in [0.05, 0.1) is 6.26 Å². The van der Waals surface area contributed by atoms with Crippen LogP contribution in [-0.4, -0.2) is 5.78 Å². The lowest BCUT2D eigenvalue weighted by atomic mass is 9.83. The Morgan fingerprint density at radius 1 is 0.920 bits per heavy atom. The van der Waals surface area contributed by atoms with Gasteiger partial charge in [0.15, 0.2) is 5.78 Å². The number of ketones is 1. The normalized spacial score (nSPS) is 19.2. The molecule has 2 nitrogen and oxygen atoms in total. The van der Waals surface area contributed by atoms with Crippen LogP contribution in [0.4, 0.5) is 0 Å². The molecule has 0 aromatic heterocycles. The summed E-state index contributed by atoms with van der Waals surface area (Å²) >= 11 is 0. The predicted molar refractivity (Wildman–Crippen MR) is 99.6 cm³/mol. The lowest BCUT2D eigenvalue weighted by Gasteiger charge is -2.26. The van der Waals surface area contributed by atoms with Gasteiger partial charge in [0.1, 0.15) is 5.76 Å². The second-order valence-corrected chi connectivity index (χ2v) is 6.40. The predicted octanol–water partition coefficient (Wildman–Crippen LogP) is 5.29. The van der Waals surface area contributed by atoms with E-state index >= 15 is 0 Å². The Labute approximate surface area is 148 Å². The van der Waals surface area contributed by atoms with Gasteiger partial charge in [0, 0.05) is 24.3 Å². The van der Waals surface area contributed by atoms with Crippen LogP contribution in [0.15, 0.2) is 90.4 Å². The van der Waals surface area contributed by atoms with E-state index in [2.05, 4.69) is 30.3 Å². The summed E-state index contributed by atoms with van der Waals surface area (Å²) in [6.07, 6.45) is 8.25. The van der Waals surface area contributed by atoms with Gasteiger partial charge in [-0.25, -0.2) is 0 Å². The van der Waals surface area contributed by atoms with Gasteiger partial charge < -0.3 is 4.74 Å².